The fourth-order valence-electron chi connectivity index (χ4n) is 4.82. The van der Waals surface area contributed by atoms with Crippen LogP contribution in [0, 0.1) is 0 Å². The van der Waals surface area contributed by atoms with Crippen LogP contribution in [0.4, 0.5) is 0 Å². The zero-order chi connectivity index (χ0) is 26.3. The zero-order valence-corrected chi connectivity index (χ0v) is 21.7. The van der Waals surface area contributed by atoms with Crippen LogP contribution in [0.2, 0.25) is 5.02 Å². The number of benzene rings is 2. The number of sulfonamides is 1. The Labute approximate surface area is 219 Å². The maximum atomic E-state index is 13.4. The minimum atomic E-state index is -3.95. The molecular formula is C25H26ClN5O5S. The van der Waals surface area contributed by atoms with Gasteiger partial charge in [-0.2, -0.15) is 4.31 Å². The molecule has 2 aliphatic rings. The smallest absolute Gasteiger partial charge is 0.305 e. The van der Waals surface area contributed by atoms with Gasteiger partial charge in [-0.25, -0.2) is 8.42 Å². The number of hydrogen-bond acceptors (Lipinski definition) is 6. The van der Waals surface area contributed by atoms with Crippen molar-refractivity contribution in [2.24, 2.45) is 4.99 Å². The molecular weight excluding hydrogens is 518 g/mol. The van der Waals surface area contributed by atoms with Gasteiger partial charge in [0, 0.05) is 60.3 Å². The quantitative estimate of drug-likeness (QED) is 0.492. The van der Waals surface area contributed by atoms with Gasteiger partial charge in [0.1, 0.15) is 10.9 Å². The average molecular weight is 544 g/mol. The summed E-state index contributed by atoms with van der Waals surface area (Å²) in [7, 11) is -2.00. The van der Waals surface area contributed by atoms with Gasteiger partial charge in [0.2, 0.25) is 0 Å². The summed E-state index contributed by atoms with van der Waals surface area (Å²) in [5, 5.41) is 10.6. The minimum absolute atomic E-state index is 0.00555. The van der Waals surface area contributed by atoms with Crippen molar-refractivity contribution in [3.05, 3.63) is 64.7 Å². The van der Waals surface area contributed by atoms with Crippen LogP contribution >= 0.6 is 11.6 Å². The summed E-state index contributed by atoms with van der Waals surface area (Å²) in [6.07, 6.45) is -0.375. The van der Waals surface area contributed by atoms with Gasteiger partial charge >= 0.3 is 5.97 Å². The fraction of sp³-hybridized carbons (Fsp3) is 0.320. The Morgan fingerprint density at radius 2 is 1.86 bits per heavy atom. The largest absolute Gasteiger partial charge is 0.481 e. The Balaban J connectivity index is 1.36. The van der Waals surface area contributed by atoms with Crippen molar-refractivity contribution in [3.63, 3.8) is 0 Å². The molecule has 5 rings (SSSR count). The van der Waals surface area contributed by atoms with Crippen molar-refractivity contribution in [1.29, 1.82) is 0 Å². The van der Waals surface area contributed by atoms with Crippen molar-refractivity contribution in [2.45, 2.75) is 17.5 Å². The number of nitrogens with one attached hydrogen (secondary N) is 1. The van der Waals surface area contributed by atoms with Crippen LogP contribution in [-0.2, 0) is 14.8 Å². The van der Waals surface area contributed by atoms with Gasteiger partial charge in [-0.15, -0.1) is 0 Å². The molecule has 37 heavy (non-hydrogen) atoms. The van der Waals surface area contributed by atoms with Gasteiger partial charge in [-0.05, 0) is 36.4 Å². The zero-order valence-electron chi connectivity index (χ0n) is 20.1. The summed E-state index contributed by atoms with van der Waals surface area (Å²) >= 11 is 6.03. The summed E-state index contributed by atoms with van der Waals surface area (Å²) < 4.78 is 28.0. The van der Waals surface area contributed by atoms with Crippen LogP contribution in [0.3, 0.4) is 0 Å². The average Bonchev–Trinajstić information content (AvgIpc) is 3.49. The number of rotatable bonds is 6. The van der Waals surface area contributed by atoms with Gasteiger partial charge in [-0.3, -0.25) is 14.6 Å². The van der Waals surface area contributed by atoms with E-state index < -0.39 is 22.0 Å². The Kier molecular flexibility index (Phi) is 6.69. The second-order valence-corrected chi connectivity index (χ2v) is 11.5. The van der Waals surface area contributed by atoms with Crippen LogP contribution < -0.4 is 0 Å². The molecule has 2 aliphatic heterocycles. The highest BCUT2D eigenvalue weighted by Gasteiger charge is 2.38. The summed E-state index contributed by atoms with van der Waals surface area (Å²) in [5.74, 6) is -0.586. The van der Waals surface area contributed by atoms with E-state index in [2.05, 4.69) is 9.98 Å². The molecule has 0 radical (unpaired) electrons. The number of carboxylic acid groups (broad SMARTS) is 1. The number of amides is 1. The topological polar surface area (TPSA) is 126 Å². The Morgan fingerprint density at radius 3 is 2.54 bits per heavy atom. The first-order valence-electron chi connectivity index (χ1n) is 11.8. The number of nitrogens with zero attached hydrogens (tertiary/aromatic N) is 4. The summed E-state index contributed by atoms with van der Waals surface area (Å²) in [6, 6.07) is 12.8. The number of fused-ring (bicyclic) bond motifs is 1. The third-order valence-electron chi connectivity index (χ3n) is 6.74. The van der Waals surface area contributed by atoms with Crippen LogP contribution in [0.5, 0.6) is 0 Å². The highest BCUT2D eigenvalue weighted by molar-refractivity contribution is 7.89. The van der Waals surface area contributed by atoms with Crippen LogP contribution in [0.1, 0.15) is 22.3 Å². The van der Waals surface area contributed by atoms with Crippen molar-refractivity contribution in [3.8, 4) is 0 Å². The van der Waals surface area contributed by atoms with Gasteiger partial charge in [0.25, 0.3) is 15.9 Å². The van der Waals surface area contributed by atoms with E-state index in [1.807, 2.05) is 24.1 Å². The molecule has 12 heteroatoms. The van der Waals surface area contributed by atoms with Gasteiger partial charge in [0.15, 0.2) is 0 Å². The first kappa shape index (κ1) is 25.2. The van der Waals surface area contributed by atoms with Crippen molar-refractivity contribution < 1.29 is 23.1 Å². The molecule has 194 valence electrons. The number of carbonyl (C=O) groups is 2. The van der Waals surface area contributed by atoms with E-state index in [4.69, 9.17) is 11.6 Å². The number of aromatic amines is 1. The van der Waals surface area contributed by atoms with E-state index in [-0.39, 0.29) is 37.0 Å². The van der Waals surface area contributed by atoms with E-state index in [1.54, 1.807) is 30.3 Å². The minimum Gasteiger partial charge on any atom is -0.481 e. The molecule has 1 aromatic heterocycles. The molecule has 3 aromatic rings. The van der Waals surface area contributed by atoms with E-state index in [0.717, 1.165) is 24.5 Å². The predicted molar refractivity (Wildman–Crippen MR) is 140 cm³/mol. The van der Waals surface area contributed by atoms with Crippen molar-refractivity contribution >= 4 is 50.2 Å². The second-order valence-electron chi connectivity index (χ2n) is 9.18. The van der Waals surface area contributed by atoms with Gasteiger partial charge in [0.05, 0.1) is 19.0 Å². The lowest BCUT2D eigenvalue weighted by Gasteiger charge is -2.40. The molecule has 10 nitrogen and oxygen atoms in total. The number of piperazine rings is 1. The molecule has 0 aliphatic carbocycles. The number of aromatic nitrogens is 1. The summed E-state index contributed by atoms with van der Waals surface area (Å²) in [5.41, 5.74) is 1.93. The highest BCUT2D eigenvalue weighted by atomic mass is 35.5. The number of H-pyrrole nitrogens is 1. The molecule has 0 saturated carbocycles. The highest BCUT2D eigenvalue weighted by Crippen LogP contribution is 2.27. The number of aliphatic carboxylic acids is 1. The predicted octanol–water partition coefficient (Wildman–Crippen LogP) is 2.50. The van der Waals surface area contributed by atoms with Crippen molar-refractivity contribution in [2.75, 3.05) is 39.8 Å². The summed E-state index contributed by atoms with van der Waals surface area (Å²) in [4.78, 5) is 35.9. The van der Waals surface area contributed by atoms with E-state index in [1.165, 1.54) is 15.3 Å². The lowest BCUT2D eigenvalue weighted by Crippen LogP contribution is -2.57. The summed E-state index contributed by atoms with van der Waals surface area (Å²) in [6.45, 7) is 1.55. The maximum Gasteiger partial charge on any atom is 0.305 e. The number of carbonyl (C=O) groups excluding carboxylic acids is 1. The van der Waals surface area contributed by atoms with E-state index in [0.29, 0.717) is 21.5 Å². The number of aliphatic imine (C=N–C) groups is 1. The third kappa shape index (κ3) is 4.94. The lowest BCUT2D eigenvalue weighted by molar-refractivity contribution is -0.138. The van der Waals surface area contributed by atoms with E-state index >= 15 is 0 Å². The monoisotopic (exact) mass is 543 g/mol. The van der Waals surface area contributed by atoms with Gasteiger partial charge < -0.3 is 19.9 Å². The number of amidine groups is 1. The Hall–Kier alpha value is -3.41. The molecule has 1 fully saturated rings. The fourth-order valence-corrected chi connectivity index (χ4v) is 6.48. The van der Waals surface area contributed by atoms with Crippen molar-refractivity contribution in [1.82, 2.24) is 19.1 Å². The molecule has 3 heterocycles. The van der Waals surface area contributed by atoms with E-state index in [9.17, 15) is 23.1 Å². The molecule has 0 spiro atoms. The Bertz CT molecular complexity index is 1500. The normalized spacial score (nSPS) is 18.9. The maximum absolute atomic E-state index is 13.4. The molecule has 2 N–H and O–H groups in total. The lowest BCUT2D eigenvalue weighted by atomic mass is 10.1. The van der Waals surface area contributed by atoms with Gasteiger partial charge in [-0.1, -0.05) is 23.7 Å². The van der Waals surface area contributed by atoms with Crippen LogP contribution in [0.15, 0.2) is 58.5 Å². The standard InChI is InChI=1S/C25H26ClN5O5S/c1-29-9-8-27-24(29)16-2-4-17(5-3-16)25(34)31-11-10-30(15-20(31)14-23(32)33)37(35,36)22-13-18-12-19(26)6-7-21(18)28-22/h2-7,12-13,20,28H,8-11,14-15H2,1H3,(H,32,33). The second kappa shape index (κ2) is 9.81. The molecule has 1 unspecified atom stereocenters. The molecule has 1 atom stereocenters. The molecule has 1 saturated heterocycles. The number of carboxylic acids is 1. The molecule has 0 bridgehead atoms. The first-order valence-corrected chi connectivity index (χ1v) is 13.6. The number of likely N-dealkylation sites (N-methyl/N-ethyl adjacent to an activating group) is 1. The Morgan fingerprint density at radius 1 is 1.11 bits per heavy atom. The molecule has 2 aromatic carbocycles. The number of halogens is 1. The first-order chi connectivity index (χ1) is 17.6. The van der Waals surface area contributed by atoms with Crippen LogP contribution in [-0.4, -0.2) is 96.1 Å². The van der Waals surface area contributed by atoms with Crippen LogP contribution in [0.25, 0.3) is 10.9 Å². The molecule has 1 amide bonds. The number of hydrogen-bond donors (Lipinski definition) is 2. The SMILES string of the molecule is CN1CCN=C1c1ccc(C(=O)N2CCN(S(=O)(=O)c3cc4cc(Cl)ccc4[nH]3)CC2CC(=O)O)cc1. The third-order valence-corrected chi connectivity index (χ3v) is 8.76.